The maximum Gasteiger partial charge on any atom is 0.323 e. The molecule has 0 aliphatic heterocycles. The number of carboxylic acids is 1. The van der Waals surface area contributed by atoms with E-state index in [1.54, 1.807) is 6.92 Å². The van der Waals surface area contributed by atoms with Gasteiger partial charge in [-0.25, -0.2) is 0 Å². The average molecular weight is 288 g/mol. The summed E-state index contributed by atoms with van der Waals surface area (Å²) in [6.45, 7) is 5.57. The predicted molar refractivity (Wildman–Crippen MR) is 77.4 cm³/mol. The third kappa shape index (κ3) is 6.29. The first kappa shape index (κ1) is 16.3. The van der Waals surface area contributed by atoms with Crippen molar-refractivity contribution in [2.45, 2.75) is 57.7 Å². The van der Waals surface area contributed by atoms with Gasteiger partial charge in [-0.05, 0) is 45.8 Å². The van der Waals surface area contributed by atoms with Gasteiger partial charge in [-0.1, -0.05) is 0 Å². The van der Waals surface area contributed by atoms with E-state index in [0.29, 0.717) is 24.0 Å². The van der Waals surface area contributed by atoms with E-state index < -0.39 is 11.5 Å². The lowest BCUT2D eigenvalue weighted by Crippen LogP contribution is -2.51. The Bertz CT molecular complexity index is 332. The SMILES string of the molecule is CC(C)NC(=O)CSCCC(C)(NC1CC1)C(=O)O. The molecular formula is C13H24N2O3S. The number of hydrogen-bond acceptors (Lipinski definition) is 4. The molecule has 1 rings (SSSR count). The second-order valence-electron chi connectivity index (χ2n) is 5.58. The van der Waals surface area contributed by atoms with Crippen LogP contribution in [0.15, 0.2) is 0 Å². The number of carbonyl (C=O) groups excluding carboxylic acids is 1. The third-order valence-electron chi connectivity index (χ3n) is 3.00. The fourth-order valence-corrected chi connectivity index (χ4v) is 2.69. The normalized spacial score (nSPS) is 18.1. The molecule has 1 saturated carbocycles. The molecule has 6 heteroatoms. The summed E-state index contributed by atoms with van der Waals surface area (Å²) in [4.78, 5) is 22.7. The average Bonchev–Trinajstić information content (AvgIpc) is 3.07. The van der Waals surface area contributed by atoms with Gasteiger partial charge in [-0.2, -0.15) is 11.8 Å². The predicted octanol–water partition coefficient (Wildman–Crippen LogP) is 1.23. The molecule has 1 amide bonds. The van der Waals surface area contributed by atoms with E-state index in [4.69, 9.17) is 0 Å². The fourth-order valence-electron chi connectivity index (χ4n) is 1.72. The standard InChI is InChI=1S/C13H24N2O3S/c1-9(2)14-11(16)8-19-7-6-13(3,12(17)18)15-10-4-5-10/h9-10,15H,4-8H2,1-3H3,(H,14,16)(H,17,18). The van der Waals surface area contributed by atoms with Gasteiger partial charge >= 0.3 is 5.97 Å². The van der Waals surface area contributed by atoms with Crippen molar-refractivity contribution in [2.75, 3.05) is 11.5 Å². The molecule has 0 aromatic carbocycles. The number of aliphatic carboxylic acids is 1. The van der Waals surface area contributed by atoms with Gasteiger partial charge in [0.25, 0.3) is 0 Å². The molecule has 1 aliphatic rings. The summed E-state index contributed by atoms with van der Waals surface area (Å²) in [5.41, 5.74) is -0.872. The van der Waals surface area contributed by atoms with E-state index in [1.807, 2.05) is 13.8 Å². The van der Waals surface area contributed by atoms with Gasteiger partial charge in [0, 0.05) is 12.1 Å². The Labute approximate surface area is 118 Å². The summed E-state index contributed by atoms with van der Waals surface area (Å²) in [6, 6.07) is 0.504. The number of thioether (sulfide) groups is 1. The Hall–Kier alpha value is -0.750. The van der Waals surface area contributed by atoms with E-state index in [0.717, 1.165) is 12.8 Å². The first-order valence-corrected chi connectivity index (χ1v) is 7.87. The van der Waals surface area contributed by atoms with Crippen LogP contribution < -0.4 is 10.6 Å². The van der Waals surface area contributed by atoms with Crippen molar-refractivity contribution in [3.8, 4) is 0 Å². The lowest BCUT2D eigenvalue weighted by molar-refractivity contribution is -0.144. The number of carboxylic acid groups (broad SMARTS) is 1. The van der Waals surface area contributed by atoms with Crippen LogP contribution in [0.2, 0.25) is 0 Å². The molecule has 19 heavy (non-hydrogen) atoms. The van der Waals surface area contributed by atoms with Crippen molar-refractivity contribution >= 4 is 23.6 Å². The Morgan fingerprint density at radius 1 is 1.42 bits per heavy atom. The molecule has 0 spiro atoms. The summed E-state index contributed by atoms with van der Waals surface area (Å²) in [6.07, 6.45) is 2.65. The van der Waals surface area contributed by atoms with Crippen molar-refractivity contribution < 1.29 is 14.7 Å². The van der Waals surface area contributed by atoms with Crippen LogP contribution in [0.5, 0.6) is 0 Å². The van der Waals surface area contributed by atoms with Crippen LogP contribution in [-0.2, 0) is 9.59 Å². The zero-order chi connectivity index (χ0) is 14.5. The number of amides is 1. The molecule has 0 saturated heterocycles. The number of carbonyl (C=O) groups is 2. The number of nitrogens with one attached hydrogen (secondary N) is 2. The highest BCUT2D eigenvalue weighted by Gasteiger charge is 2.37. The van der Waals surface area contributed by atoms with Crippen molar-refractivity contribution in [3.63, 3.8) is 0 Å². The Balaban J connectivity index is 2.24. The van der Waals surface area contributed by atoms with Gasteiger partial charge in [0.05, 0.1) is 5.75 Å². The molecule has 5 nitrogen and oxygen atoms in total. The zero-order valence-electron chi connectivity index (χ0n) is 11.9. The van der Waals surface area contributed by atoms with Crippen LogP contribution in [0.3, 0.4) is 0 Å². The second kappa shape index (κ2) is 7.14. The summed E-state index contributed by atoms with van der Waals surface area (Å²) in [5, 5.41) is 15.3. The van der Waals surface area contributed by atoms with E-state index >= 15 is 0 Å². The lowest BCUT2D eigenvalue weighted by atomic mass is 9.99. The molecule has 1 aliphatic carbocycles. The number of rotatable bonds is 9. The molecule has 0 heterocycles. The van der Waals surface area contributed by atoms with Crippen LogP contribution in [0.25, 0.3) is 0 Å². The molecular weight excluding hydrogens is 264 g/mol. The zero-order valence-corrected chi connectivity index (χ0v) is 12.7. The lowest BCUT2D eigenvalue weighted by Gasteiger charge is -2.26. The van der Waals surface area contributed by atoms with Crippen LogP contribution in [0.1, 0.15) is 40.0 Å². The first-order chi connectivity index (χ1) is 8.83. The molecule has 1 fully saturated rings. The van der Waals surface area contributed by atoms with Crippen LogP contribution >= 0.6 is 11.8 Å². The third-order valence-corrected chi connectivity index (χ3v) is 3.96. The maximum absolute atomic E-state index is 11.4. The van der Waals surface area contributed by atoms with Crippen molar-refractivity contribution in [2.24, 2.45) is 0 Å². The molecule has 3 N–H and O–H groups in total. The second-order valence-corrected chi connectivity index (χ2v) is 6.69. The van der Waals surface area contributed by atoms with Crippen LogP contribution in [0, 0.1) is 0 Å². The molecule has 0 aromatic rings. The monoisotopic (exact) mass is 288 g/mol. The summed E-state index contributed by atoms with van der Waals surface area (Å²) < 4.78 is 0. The Kier molecular flexibility index (Phi) is 6.13. The van der Waals surface area contributed by atoms with Crippen molar-refractivity contribution in [1.29, 1.82) is 0 Å². The van der Waals surface area contributed by atoms with E-state index in [-0.39, 0.29) is 11.9 Å². The largest absolute Gasteiger partial charge is 0.480 e. The highest BCUT2D eigenvalue weighted by atomic mass is 32.2. The highest BCUT2D eigenvalue weighted by Crippen LogP contribution is 2.25. The van der Waals surface area contributed by atoms with Gasteiger partial charge in [0.2, 0.25) is 5.91 Å². The van der Waals surface area contributed by atoms with Gasteiger partial charge < -0.3 is 10.4 Å². The number of hydrogen-bond donors (Lipinski definition) is 3. The fraction of sp³-hybridized carbons (Fsp3) is 0.846. The molecule has 0 radical (unpaired) electrons. The highest BCUT2D eigenvalue weighted by molar-refractivity contribution is 7.99. The molecule has 1 unspecified atom stereocenters. The maximum atomic E-state index is 11.4. The minimum atomic E-state index is -0.872. The van der Waals surface area contributed by atoms with Crippen LogP contribution in [0.4, 0.5) is 0 Å². The van der Waals surface area contributed by atoms with E-state index in [2.05, 4.69) is 10.6 Å². The first-order valence-electron chi connectivity index (χ1n) is 6.71. The topological polar surface area (TPSA) is 78.4 Å². The minimum Gasteiger partial charge on any atom is -0.480 e. The minimum absolute atomic E-state index is 0.00665. The van der Waals surface area contributed by atoms with Crippen molar-refractivity contribution in [1.82, 2.24) is 10.6 Å². The molecule has 0 aromatic heterocycles. The van der Waals surface area contributed by atoms with E-state index in [9.17, 15) is 14.7 Å². The van der Waals surface area contributed by atoms with Gasteiger partial charge in [0.15, 0.2) is 0 Å². The Morgan fingerprint density at radius 3 is 2.53 bits per heavy atom. The van der Waals surface area contributed by atoms with Gasteiger partial charge in [-0.3, -0.25) is 14.9 Å². The summed E-state index contributed by atoms with van der Waals surface area (Å²) in [5.74, 6) is 0.240. The van der Waals surface area contributed by atoms with Gasteiger partial charge in [0.1, 0.15) is 5.54 Å². The van der Waals surface area contributed by atoms with Gasteiger partial charge in [-0.15, -0.1) is 0 Å². The summed E-state index contributed by atoms with van der Waals surface area (Å²) in [7, 11) is 0. The summed E-state index contributed by atoms with van der Waals surface area (Å²) >= 11 is 1.48. The molecule has 1 atom stereocenters. The van der Waals surface area contributed by atoms with Crippen LogP contribution in [-0.4, -0.2) is 46.1 Å². The molecule has 0 bridgehead atoms. The molecule has 110 valence electrons. The smallest absolute Gasteiger partial charge is 0.323 e. The quantitative estimate of drug-likeness (QED) is 0.556. The van der Waals surface area contributed by atoms with Crippen molar-refractivity contribution in [3.05, 3.63) is 0 Å². The van der Waals surface area contributed by atoms with E-state index in [1.165, 1.54) is 11.8 Å². The Morgan fingerprint density at radius 2 is 2.05 bits per heavy atom.